The minimum absolute atomic E-state index is 0.105. The smallest absolute Gasteiger partial charge is 0.317 e. The Labute approximate surface area is 103 Å². The number of hydrogen-bond acceptors (Lipinski definition) is 4. The number of esters is 1. The van der Waals surface area contributed by atoms with Gasteiger partial charge in [0.25, 0.3) is 0 Å². The van der Waals surface area contributed by atoms with Crippen LogP contribution in [0.2, 0.25) is 0 Å². The summed E-state index contributed by atoms with van der Waals surface area (Å²) >= 11 is 0. The van der Waals surface area contributed by atoms with Crippen molar-refractivity contribution in [2.75, 3.05) is 6.61 Å². The van der Waals surface area contributed by atoms with E-state index in [1.165, 1.54) is 6.07 Å². The molecule has 0 bridgehead atoms. The molecule has 1 aromatic carbocycles. The fraction of sp³-hybridized carbons (Fsp3) is 0.250. The van der Waals surface area contributed by atoms with E-state index in [0.717, 1.165) is 12.1 Å². The summed E-state index contributed by atoms with van der Waals surface area (Å²) < 4.78 is 17.9. The number of nitro benzene ring substituents is 1. The van der Waals surface area contributed by atoms with Gasteiger partial charge in [0.05, 0.1) is 11.5 Å². The van der Waals surface area contributed by atoms with Gasteiger partial charge < -0.3 is 4.74 Å². The molecule has 0 unspecified atom stereocenters. The maximum absolute atomic E-state index is 13.2. The first-order valence-corrected chi connectivity index (χ1v) is 5.13. The minimum atomic E-state index is -0.956. The van der Waals surface area contributed by atoms with Crippen molar-refractivity contribution < 1.29 is 18.8 Å². The molecule has 0 heterocycles. The van der Waals surface area contributed by atoms with Crippen LogP contribution < -0.4 is 0 Å². The molecule has 0 aliphatic carbocycles. The second-order valence-corrected chi connectivity index (χ2v) is 3.21. The number of halogens is 1. The standard InChI is InChI=1S/C12H10FNO4/c1-2-18-12(15)5-3-4-9-6-7-11(14(16)17)10(13)8-9/h6-8H,2,5H2,1H3. The average Bonchev–Trinajstić information content (AvgIpc) is 2.29. The van der Waals surface area contributed by atoms with E-state index in [1.54, 1.807) is 6.92 Å². The maximum Gasteiger partial charge on any atom is 0.317 e. The molecule has 0 fully saturated rings. The number of benzene rings is 1. The maximum atomic E-state index is 13.2. The molecule has 0 saturated carbocycles. The zero-order chi connectivity index (χ0) is 13.5. The molecule has 0 amide bonds. The third kappa shape index (κ3) is 3.87. The molecule has 0 radical (unpaired) electrons. The van der Waals surface area contributed by atoms with Crippen molar-refractivity contribution in [1.82, 2.24) is 0 Å². The Hall–Kier alpha value is -2.42. The summed E-state index contributed by atoms with van der Waals surface area (Å²) in [6, 6.07) is 3.30. The lowest BCUT2D eigenvalue weighted by atomic mass is 10.2. The number of carbonyl (C=O) groups excluding carboxylic acids is 1. The highest BCUT2D eigenvalue weighted by molar-refractivity contribution is 5.72. The average molecular weight is 251 g/mol. The van der Waals surface area contributed by atoms with Crippen LogP contribution in [0.25, 0.3) is 0 Å². The van der Waals surface area contributed by atoms with Gasteiger partial charge in [0.1, 0.15) is 6.42 Å². The monoisotopic (exact) mass is 251 g/mol. The fourth-order valence-corrected chi connectivity index (χ4v) is 1.16. The van der Waals surface area contributed by atoms with Gasteiger partial charge in [0.2, 0.25) is 5.82 Å². The van der Waals surface area contributed by atoms with Crippen molar-refractivity contribution in [3.05, 3.63) is 39.7 Å². The Morgan fingerprint density at radius 1 is 1.56 bits per heavy atom. The number of nitrogens with zero attached hydrogens (tertiary/aromatic N) is 1. The summed E-state index contributed by atoms with van der Waals surface area (Å²) in [6.45, 7) is 1.95. The molecule has 0 aliphatic rings. The molecule has 0 spiro atoms. The first-order chi connectivity index (χ1) is 8.54. The highest BCUT2D eigenvalue weighted by Crippen LogP contribution is 2.17. The molecule has 0 N–H and O–H groups in total. The van der Waals surface area contributed by atoms with Gasteiger partial charge in [-0.1, -0.05) is 11.8 Å². The highest BCUT2D eigenvalue weighted by atomic mass is 19.1. The van der Waals surface area contributed by atoms with Crippen molar-refractivity contribution in [2.45, 2.75) is 13.3 Å². The van der Waals surface area contributed by atoms with Crippen LogP contribution in [0.5, 0.6) is 0 Å². The van der Waals surface area contributed by atoms with Crippen LogP contribution in [0, 0.1) is 27.8 Å². The third-order valence-corrected chi connectivity index (χ3v) is 1.92. The largest absolute Gasteiger partial charge is 0.465 e. The Bertz CT molecular complexity index is 531. The fourth-order valence-electron chi connectivity index (χ4n) is 1.16. The lowest BCUT2D eigenvalue weighted by molar-refractivity contribution is -0.387. The molecule has 1 aromatic rings. The van der Waals surface area contributed by atoms with Crippen molar-refractivity contribution >= 4 is 11.7 Å². The molecule has 0 saturated heterocycles. The molecule has 5 nitrogen and oxygen atoms in total. The van der Waals surface area contributed by atoms with Crippen LogP contribution in [-0.4, -0.2) is 17.5 Å². The molecule has 0 atom stereocenters. The summed E-state index contributed by atoms with van der Waals surface area (Å²) in [5.74, 6) is 3.61. The summed E-state index contributed by atoms with van der Waals surface area (Å²) in [7, 11) is 0. The Balaban J connectivity index is 2.75. The van der Waals surface area contributed by atoms with E-state index in [2.05, 4.69) is 16.6 Å². The second kappa shape index (κ2) is 6.35. The van der Waals surface area contributed by atoms with E-state index < -0.39 is 22.4 Å². The summed E-state index contributed by atoms with van der Waals surface area (Å²) in [5.41, 5.74) is -0.339. The van der Waals surface area contributed by atoms with E-state index in [9.17, 15) is 19.3 Å². The predicted octanol–water partition coefficient (Wildman–Crippen LogP) is 2.04. The SMILES string of the molecule is CCOC(=O)CC#Cc1ccc([N+](=O)[O-])c(F)c1. The first kappa shape index (κ1) is 13.6. The third-order valence-electron chi connectivity index (χ3n) is 1.92. The minimum Gasteiger partial charge on any atom is -0.465 e. The van der Waals surface area contributed by atoms with Crippen molar-refractivity contribution in [3.8, 4) is 11.8 Å². The molecule has 18 heavy (non-hydrogen) atoms. The highest BCUT2D eigenvalue weighted by Gasteiger charge is 2.12. The number of nitro groups is 1. The molecule has 1 rings (SSSR count). The van der Waals surface area contributed by atoms with E-state index in [0.29, 0.717) is 0 Å². The van der Waals surface area contributed by atoms with Gasteiger partial charge in [-0.05, 0) is 19.1 Å². The van der Waals surface area contributed by atoms with E-state index in [4.69, 9.17) is 0 Å². The molecule has 0 aliphatic heterocycles. The van der Waals surface area contributed by atoms with Crippen molar-refractivity contribution in [1.29, 1.82) is 0 Å². The van der Waals surface area contributed by atoms with E-state index in [1.807, 2.05) is 0 Å². The van der Waals surface area contributed by atoms with Gasteiger partial charge in [-0.15, -0.1) is 0 Å². The van der Waals surface area contributed by atoms with Gasteiger partial charge >= 0.3 is 11.7 Å². The molecular weight excluding hydrogens is 241 g/mol. The van der Waals surface area contributed by atoms with Crippen LogP contribution >= 0.6 is 0 Å². The Morgan fingerprint density at radius 3 is 2.83 bits per heavy atom. The Morgan fingerprint density at radius 2 is 2.28 bits per heavy atom. The van der Waals surface area contributed by atoms with Gasteiger partial charge in [0, 0.05) is 11.6 Å². The van der Waals surface area contributed by atoms with Gasteiger partial charge in [-0.25, -0.2) is 0 Å². The molecule has 0 aromatic heterocycles. The van der Waals surface area contributed by atoms with Crippen LogP contribution in [0.4, 0.5) is 10.1 Å². The van der Waals surface area contributed by atoms with E-state index in [-0.39, 0.29) is 18.6 Å². The number of rotatable bonds is 3. The summed E-state index contributed by atoms with van der Waals surface area (Å²) in [5, 5.41) is 10.4. The van der Waals surface area contributed by atoms with Gasteiger partial charge in [-0.3, -0.25) is 14.9 Å². The van der Waals surface area contributed by atoms with Gasteiger partial charge in [0.15, 0.2) is 0 Å². The normalized spacial score (nSPS) is 9.22. The van der Waals surface area contributed by atoms with E-state index >= 15 is 0 Å². The number of hydrogen-bond donors (Lipinski definition) is 0. The van der Waals surface area contributed by atoms with Gasteiger partial charge in [-0.2, -0.15) is 4.39 Å². The molecule has 94 valence electrons. The van der Waals surface area contributed by atoms with Crippen molar-refractivity contribution in [3.63, 3.8) is 0 Å². The lowest BCUT2D eigenvalue weighted by Crippen LogP contribution is -2.01. The lowest BCUT2D eigenvalue weighted by Gasteiger charge is -1.95. The predicted molar refractivity (Wildman–Crippen MR) is 61.2 cm³/mol. The van der Waals surface area contributed by atoms with Crippen molar-refractivity contribution in [2.24, 2.45) is 0 Å². The molecule has 6 heteroatoms. The van der Waals surface area contributed by atoms with Crippen LogP contribution in [0.15, 0.2) is 18.2 Å². The zero-order valence-electron chi connectivity index (χ0n) is 9.60. The molecular formula is C12H10FNO4. The van der Waals surface area contributed by atoms with Crippen LogP contribution in [-0.2, 0) is 9.53 Å². The van der Waals surface area contributed by atoms with Crippen LogP contribution in [0.1, 0.15) is 18.9 Å². The summed E-state index contributed by atoms with van der Waals surface area (Å²) in [6.07, 6.45) is -0.105. The second-order valence-electron chi connectivity index (χ2n) is 3.21. The Kier molecular flexibility index (Phi) is 4.81. The quantitative estimate of drug-likeness (QED) is 0.357. The topological polar surface area (TPSA) is 69.4 Å². The number of carbonyl (C=O) groups is 1. The summed E-state index contributed by atoms with van der Waals surface area (Å²) in [4.78, 5) is 20.5. The van der Waals surface area contributed by atoms with Crippen LogP contribution in [0.3, 0.4) is 0 Å². The zero-order valence-corrected chi connectivity index (χ0v) is 9.60. The first-order valence-electron chi connectivity index (χ1n) is 5.13. The number of ether oxygens (including phenoxy) is 1.